The van der Waals surface area contributed by atoms with Crippen LogP contribution in [0.5, 0.6) is 11.5 Å². The minimum atomic E-state index is -0.996. The fourth-order valence-corrected chi connectivity index (χ4v) is 4.77. The third-order valence-electron chi connectivity index (χ3n) is 6.03. The molecule has 39 heavy (non-hydrogen) atoms. The van der Waals surface area contributed by atoms with E-state index in [0.717, 1.165) is 20.8 Å². The number of para-hydroxylation sites is 1. The van der Waals surface area contributed by atoms with Gasteiger partial charge in [-0.3, -0.25) is 4.79 Å². The van der Waals surface area contributed by atoms with Gasteiger partial charge in [-0.2, -0.15) is 0 Å². The van der Waals surface area contributed by atoms with Gasteiger partial charge in [0, 0.05) is 22.7 Å². The smallest absolute Gasteiger partial charge is 0.224 e. The van der Waals surface area contributed by atoms with Crippen LogP contribution in [0.2, 0.25) is 0 Å². The summed E-state index contributed by atoms with van der Waals surface area (Å²) < 4.78 is 34.5. The molecule has 4 aromatic rings. The number of amides is 1. The largest absolute Gasteiger partial charge is 0.457 e. The zero-order chi connectivity index (χ0) is 27.6. The molecule has 0 spiro atoms. The summed E-state index contributed by atoms with van der Waals surface area (Å²) >= 11 is 2.23. The number of nitrogens with one attached hydrogen (secondary N) is 2. The number of rotatable bonds is 12. The summed E-state index contributed by atoms with van der Waals surface area (Å²) in [6.07, 6.45) is -0.858. The minimum Gasteiger partial charge on any atom is -0.457 e. The van der Waals surface area contributed by atoms with Gasteiger partial charge in [-0.15, -0.1) is 0 Å². The highest BCUT2D eigenvalue weighted by molar-refractivity contribution is 14.1. The molecule has 0 aliphatic heterocycles. The van der Waals surface area contributed by atoms with Crippen LogP contribution in [-0.4, -0.2) is 29.7 Å². The van der Waals surface area contributed by atoms with E-state index in [1.807, 2.05) is 54.6 Å². The van der Waals surface area contributed by atoms with E-state index in [1.54, 1.807) is 24.3 Å². The van der Waals surface area contributed by atoms with Crippen LogP contribution < -0.4 is 15.4 Å². The number of carbonyl (C=O) groups is 1. The molecule has 0 fully saturated rings. The molecule has 0 aromatic heterocycles. The van der Waals surface area contributed by atoms with Gasteiger partial charge in [0.05, 0.1) is 18.6 Å². The molecular weight excluding hydrogens is 613 g/mol. The van der Waals surface area contributed by atoms with Crippen LogP contribution in [0.25, 0.3) is 0 Å². The molecule has 0 aliphatic carbocycles. The van der Waals surface area contributed by atoms with Crippen molar-refractivity contribution in [2.45, 2.75) is 31.5 Å². The Bertz CT molecular complexity index is 1350. The van der Waals surface area contributed by atoms with Gasteiger partial charge in [-0.1, -0.05) is 42.5 Å². The monoisotopic (exact) mass is 642 g/mol. The Morgan fingerprint density at radius 1 is 0.821 bits per heavy atom. The number of halogens is 3. The van der Waals surface area contributed by atoms with Crippen LogP contribution in [0.3, 0.4) is 0 Å². The van der Waals surface area contributed by atoms with Crippen molar-refractivity contribution < 1.29 is 23.4 Å². The lowest BCUT2D eigenvalue weighted by Gasteiger charge is -2.25. The highest BCUT2D eigenvalue weighted by Crippen LogP contribution is 2.21. The third-order valence-corrected chi connectivity index (χ3v) is 6.70. The maximum atomic E-state index is 13.8. The highest BCUT2D eigenvalue weighted by atomic mass is 127. The predicted molar refractivity (Wildman–Crippen MR) is 156 cm³/mol. The molecule has 2 atom stereocenters. The summed E-state index contributed by atoms with van der Waals surface area (Å²) in [5.74, 6) is -0.376. The Morgan fingerprint density at radius 2 is 1.51 bits per heavy atom. The van der Waals surface area contributed by atoms with Crippen molar-refractivity contribution >= 4 is 28.5 Å². The number of aliphatic hydroxyl groups is 1. The summed E-state index contributed by atoms with van der Waals surface area (Å²) in [5.41, 5.74) is 2.16. The predicted octanol–water partition coefficient (Wildman–Crippen LogP) is 5.78. The van der Waals surface area contributed by atoms with Crippen LogP contribution in [0, 0.1) is 15.2 Å². The van der Waals surface area contributed by atoms with Crippen molar-refractivity contribution in [3.05, 3.63) is 129 Å². The van der Waals surface area contributed by atoms with E-state index in [0.29, 0.717) is 23.6 Å². The zero-order valence-corrected chi connectivity index (χ0v) is 23.3. The standard InChI is InChI=1S/C31H29F2IN2O3/c32-24-13-23(14-25(33)18-24)16-29(30(37)20-35-19-22-5-4-6-26(34)15-22)36-31(38)17-21-9-11-28(12-10-21)39-27-7-2-1-3-8-27/h1-15,18,29-30,35,37H,16-17,19-20H2,(H,36,38)/t29-,30-/m1/s1. The average Bonchev–Trinajstić information content (AvgIpc) is 2.89. The number of hydrogen-bond acceptors (Lipinski definition) is 4. The Hall–Kier alpha value is -3.34. The molecule has 0 heterocycles. The molecule has 1 amide bonds. The van der Waals surface area contributed by atoms with E-state index in [-0.39, 0.29) is 25.3 Å². The first-order chi connectivity index (χ1) is 18.8. The van der Waals surface area contributed by atoms with Gasteiger partial charge in [0.15, 0.2) is 0 Å². The van der Waals surface area contributed by atoms with Crippen molar-refractivity contribution in [3.63, 3.8) is 0 Å². The first-order valence-electron chi connectivity index (χ1n) is 12.5. The van der Waals surface area contributed by atoms with E-state index < -0.39 is 23.8 Å². The van der Waals surface area contributed by atoms with E-state index in [9.17, 15) is 18.7 Å². The van der Waals surface area contributed by atoms with E-state index >= 15 is 0 Å². The molecule has 0 unspecified atom stereocenters. The molecule has 4 aromatic carbocycles. The van der Waals surface area contributed by atoms with Gasteiger partial charge in [0.1, 0.15) is 23.1 Å². The normalized spacial score (nSPS) is 12.5. The lowest BCUT2D eigenvalue weighted by atomic mass is 10.00. The average molecular weight is 642 g/mol. The Morgan fingerprint density at radius 3 is 2.21 bits per heavy atom. The van der Waals surface area contributed by atoms with Gasteiger partial charge in [0.2, 0.25) is 5.91 Å². The number of aliphatic hydroxyl groups excluding tert-OH is 1. The highest BCUT2D eigenvalue weighted by Gasteiger charge is 2.22. The van der Waals surface area contributed by atoms with Crippen molar-refractivity contribution in [3.8, 4) is 11.5 Å². The van der Waals surface area contributed by atoms with Gasteiger partial charge < -0.3 is 20.5 Å². The molecule has 0 radical (unpaired) electrons. The van der Waals surface area contributed by atoms with Crippen molar-refractivity contribution in [1.82, 2.24) is 10.6 Å². The Balaban J connectivity index is 1.38. The fraction of sp³-hybridized carbons (Fsp3) is 0.194. The molecule has 8 heteroatoms. The van der Waals surface area contributed by atoms with Crippen LogP contribution in [0.4, 0.5) is 8.78 Å². The maximum Gasteiger partial charge on any atom is 0.224 e. The van der Waals surface area contributed by atoms with Crippen molar-refractivity contribution in [1.29, 1.82) is 0 Å². The summed E-state index contributed by atoms with van der Waals surface area (Å²) in [6, 6.07) is 27.0. The third kappa shape index (κ3) is 9.42. The van der Waals surface area contributed by atoms with Crippen LogP contribution >= 0.6 is 22.6 Å². The summed E-state index contributed by atoms with van der Waals surface area (Å²) in [5, 5.41) is 17.0. The van der Waals surface area contributed by atoms with E-state index in [1.165, 1.54) is 12.1 Å². The zero-order valence-electron chi connectivity index (χ0n) is 21.1. The lowest BCUT2D eigenvalue weighted by Crippen LogP contribution is -2.49. The molecular formula is C31H29F2IN2O3. The van der Waals surface area contributed by atoms with Gasteiger partial charge in [-0.05, 0) is 94.2 Å². The number of carbonyl (C=O) groups excluding carboxylic acids is 1. The molecule has 3 N–H and O–H groups in total. The second-order valence-electron chi connectivity index (χ2n) is 9.22. The molecule has 0 bridgehead atoms. The fourth-order valence-electron chi connectivity index (χ4n) is 4.16. The minimum absolute atomic E-state index is 0.0658. The van der Waals surface area contributed by atoms with Crippen molar-refractivity contribution in [2.75, 3.05) is 6.54 Å². The topological polar surface area (TPSA) is 70.6 Å². The van der Waals surface area contributed by atoms with Crippen LogP contribution in [0.1, 0.15) is 16.7 Å². The molecule has 0 saturated heterocycles. The van der Waals surface area contributed by atoms with E-state index in [2.05, 4.69) is 33.2 Å². The second kappa shape index (κ2) is 14.2. The summed E-state index contributed by atoms with van der Waals surface area (Å²) in [6.45, 7) is 0.709. The number of ether oxygens (including phenoxy) is 1. The lowest BCUT2D eigenvalue weighted by molar-refractivity contribution is -0.122. The van der Waals surface area contributed by atoms with E-state index in [4.69, 9.17) is 4.74 Å². The molecule has 5 nitrogen and oxygen atoms in total. The number of hydrogen-bond donors (Lipinski definition) is 3. The molecule has 0 saturated carbocycles. The maximum absolute atomic E-state index is 13.8. The van der Waals surface area contributed by atoms with Gasteiger partial charge in [0.25, 0.3) is 0 Å². The SMILES string of the molecule is O=C(Cc1ccc(Oc2ccccc2)cc1)N[C@H](Cc1cc(F)cc(F)c1)[C@H](O)CNCc1cccc(I)c1. The molecule has 4 rings (SSSR count). The quantitative estimate of drug-likeness (QED) is 0.172. The summed E-state index contributed by atoms with van der Waals surface area (Å²) in [4.78, 5) is 12.9. The number of benzene rings is 4. The van der Waals surface area contributed by atoms with Gasteiger partial charge >= 0.3 is 0 Å². The molecule has 202 valence electrons. The van der Waals surface area contributed by atoms with Gasteiger partial charge in [-0.25, -0.2) is 8.78 Å². The Kier molecular flexibility index (Phi) is 10.4. The van der Waals surface area contributed by atoms with Crippen molar-refractivity contribution in [2.24, 2.45) is 0 Å². The van der Waals surface area contributed by atoms with Crippen LogP contribution in [0.15, 0.2) is 97.1 Å². The first kappa shape index (κ1) is 28.7. The summed E-state index contributed by atoms with van der Waals surface area (Å²) in [7, 11) is 0. The first-order valence-corrected chi connectivity index (χ1v) is 13.6. The Labute approximate surface area is 240 Å². The second-order valence-corrected chi connectivity index (χ2v) is 10.5. The van der Waals surface area contributed by atoms with Crippen LogP contribution in [-0.2, 0) is 24.2 Å². The molecule has 0 aliphatic rings.